The van der Waals surface area contributed by atoms with Crippen molar-refractivity contribution in [3.63, 3.8) is 0 Å². The molecule has 0 aliphatic rings. The summed E-state index contributed by atoms with van der Waals surface area (Å²) in [7, 11) is 0. The molecule has 0 aromatic carbocycles. The van der Waals surface area contributed by atoms with E-state index in [1.54, 1.807) is 0 Å². The zero-order valence-electron chi connectivity index (χ0n) is 2.12. The molecule has 0 aliphatic heterocycles. The molecule has 0 bridgehead atoms. The molecular formula is H10Bi2CaCuOSr. The first-order valence-corrected chi connectivity index (χ1v) is 0.508. The van der Waals surface area contributed by atoms with E-state index in [4.69, 9.17) is 3.83 Å². The van der Waals surface area contributed by atoms with Gasteiger partial charge in [0.2, 0.25) is 0 Å². The molecule has 0 saturated heterocycles. The van der Waals surface area contributed by atoms with E-state index < -0.39 is 0 Å². The molecule has 0 aromatic rings. The molecule has 1 nitrogen and oxygen atoms in total. The Morgan fingerprint density at radius 2 is 1.00 bits per heavy atom. The molecule has 0 unspecified atom stereocenters. The summed E-state index contributed by atoms with van der Waals surface area (Å²) < 4.78 is 7.81. The third kappa shape index (κ3) is 23.2. The topological polar surface area (TPSA) is 17.1 Å². The van der Waals surface area contributed by atoms with E-state index >= 15 is 0 Å². The molecule has 0 aromatic heterocycles. The summed E-state index contributed by atoms with van der Waals surface area (Å²) >= 11 is 2.94. The van der Waals surface area contributed by atoms with Crippen molar-refractivity contribution in [1.82, 2.24) is 0 Å². The Hall–Kier alpha value is 4.83. The van der Waals surface area contributed by atoms with E-state index in [1.807, 2.05) is 0 Å². The number of rotatable bonds is 0. The third-order valence-electron chi connectivity index (χ3n) is 0. The van der Waals surface area contributed by atoms with Crippen LogP contribution in [0.5, 0.6) is 0 Å². The Morgan fingerprint density at radius 1 is 1.00 bits per heavy atom. The van der Waals surface area contributed by atoms with Crippen LogP contribution in [-0.4, -0.2) is 136 Å². The van der Waals surface area contributed by atoms with Crippen molar-refractivity contribution in [3.8, 4) is 0 Å². The SMILES string of the molecule is [BiH3].[BiH3].[CaH2].[O]=[Cu].[SrH2]. The van der Waals surface area contributed by atoms with E-state index in [1.165, 1.54) is 0 Å². The molecule has 0 fully saturated rings. The van der Waals surface area contributed by atoms with Gasteiger partial charge in [-0.1, -0.05) is 0 Å². The van der Waals surface area contributed by atoms with E-state index in [0.717, 1.165) is 0 Å². The maximum atomic E-state index is 7.81. The van der Waals surface area contributed by atoms with Crippen LogP contribution < -0.4 is 0 Å². The van der Waals surface area contributed by atoms with Crippen LogP contribution >= 0.6 is 0 Å². The Kier molecular flexibility index (Phi) is 169. The molecule has 0 rings (SSSR count). The van der Waals surface area contributed by atoms with E-state index in [2.05, 4.69) is 15.9 Å². The van der Waals surface area contributed by atoms with Crippen LogP contribution in [-0.2, 0) is 19.8 Å². The summed E-state index contributed by atoms with van der Waals surface area (Å²) in [6, 6.07) is 0. The third-order valence-corrected chi connectivity index (χ3v) is 0. The van der Waals surface area contributed by atoms with Gasteiger partial charge in [0.05, 0.1) is 0 Å². The molecule has 0 amide bonds. The molecular weight excluding hydrogens is 625 g/mol. The quantitative estimate of drug-likeness (QED) is 0.247. The van der Waals surface area contributed by atoms with Gasteiger partial charge in [-0.15, -0.1) is 0 Å². The van der Waals surface area contributed by atoms with Gasteiger partial charge in [0, 0.05) is 0 Å². The van der Waals surface area contributed by atoms with Crippen LogP contribution in [0.3, 0.4) is 0 Å². The molecule has 6 heavy (non-hydrogen) atoms. The molecule has 0 saturated carbocycles. The monoisotopic (exact) mass is 635 g/mol. The predicted octanol–water partition coefficient (Wildman–Crippen LogP) is -4.32. The molecule has 0 heterocycles. The summed E-state index contributed by atoms with van der Waals surface area (Å²) in [6.45, 7) is 0. The van der Waals surface area contributed by atoms with Gasteiger partial charge in [0.25, 0.3) is 0 Å². The zero-order valence-corrected chi connectivity index (χ0v) is 14.1. The molecule has 41 valence electrons. The van der Waals surface area contributed by atoms with Crippen LogP contribution in [0, 0.1) is 0 Å². The summed E-state index contributed by atoms with van der Waals surface area (Å²) in [6.07, 6.45) is 0. The first-order valence-electron chi connectivity index (χ1n) is 0.123. The number of hydrogen-bond donors (Lipinski definition) is 0. The minimum atomic E-state index is 0. The summed E-state index contributed by atoms with van der Waals surface area (Å²) in [5.41, 5.74) is 0. The fraction of sp³-hybridized carbons (Fsp3) is 0. The van der Waals surface area contributed by atoms with Crippen molar-refractivity contribution < 1.29 is 19.8 Å². The normalized spacial score (nSPS) is 1.00. The van der Waals surface area contributed by atoms with Gasteiger partial charge < -0.3 is 0 Å². The van der Waals surface area contributed by atoms with Crippen molar-refractivity contribution in [2.24, 2.45) is 0 Å². The fourth-order valence-corrected chi connectivity index (χ4v) is 0. The van der Waals surface area contributed by atoms with Crippen LogP contribution in [0.4, 0.5) is 0 Å². The number of hydrogen-bond acceptors (Lipinski definition) is 1. The molecule has 0 spiro atoms. The molecule has 0 radical (unpaired) electrons. The van der Waals surface area contributed by atoms with Crippen molar-refractivity contribution in [2.45, 2.75) is 0 Å². The van der Waals surface area contributed by atoms with Crippen molar-refractivity contribution in [3.05, 3.63) is 0 Å². The second kappa shape index (κ2) is 32.9. The van der Waals surface area contributed by atoms with Crippen molar-refractivity contribution in [1.29, 1.82) is 0 Å². The van der Waals surface area contributed by atoms with Gasteiger partial charge in [0.15, 0.2) is 0 Å². The second-order valence-electron chi connectivity index (χ2n) is 0. The fourth-order valence-electron chi connectivity index (χ4n) is 0. The van der Waals surface area contributed by atoms with Crippen LogP contribution in [0.15, 0.2) is 0 Å². The van der Waals surface area contributed by atoms with Gasteiger partial charge >= 0.3 is 155 Å². The maximum absolute atomic E-state index is 7.81. The minimum absolute atomic E-state index is 0. The predicted molar refractivity (Wildman–Crippen MR) is 37.7 cm³/mol. The molecule has 6 heteroatoms. The average molecular weight is 635 g/mol. The van der Waals surface area contributed by atoms with Crippen LogP contribution in [0.25, 0.3) is 0 Å². The standard InChI is InChI=1S/2Bi.Ca.Cu.O.Sr.10H. The molecule has 0 N–H and O–H groups in total. The summed E-state index contributed by atoms with van der Waals surface area (Å²) in [4.78, 5) is 0. The van der Waals surface area contributed by atoms with Crippen LogP contribution in [0.2, 0.25) is 0 Å². The summed E-state index contributed by atoms with van der Waals surface area (Å²) in [5.74, 6) is 0. The van der Waals surface area contributed by atoms with Gasteiger partial charge in [-0.05, 0) is 0 Å². The van der Waals surface area contributed by atoms with E-state index in [9.17, 15) is 0 Å². The van der Waals surface area contributed by atoms with Gasteiger partial charge in [-0.25, -0.2) is 0 Å². The van der Waals surface area contributed by atoms with Crippen molar-refractivity contribution >= 4 is 136 Å². The first kappa shape index (κ1) is 30.8. The van der Waals surface area contributed by atoms with E-state index in [0.29, 0.717) is 0 Å². The average Bonchev–Trinajstić information content (AvgIpc) is 1.00. The molecule has 0 atom stereocenters. The Bertz CT molecular complexity index is 13.5. The second-order valence-corrected chi connectivity index (χ2v) is 0. The van der Waals surface area contributed by atoms with E-state index in [-0.39, 0.29) is 136 Å². The zero-order chi connectivity index (χ0) is 2.00. The Labute approximate surface area is 151 Å². The van der Waals surface area contributed by atoms with Crippen molar-refractivity contribution in [2.75, 3.05) is 0 Å². The van der Waals surface area contributed by atoms with Gasteiger partial charge in [-0.2, -0.15) is 0 Å². The Morgan fingerprint density at radius 3 is 1.00 bits per heavy atom. The Balaban J connectivity index is -0.000000000833. The van der Waals surface area contributed by atoms with Gasteiger partial charge in [-0.3, -0.25) is 0 Å². The first-order chi connectivity index (χ1) is 1.00. The van der Waals surface area contributed by atoms with Crippen LogP contribution in [0.1, 0.15) is 0 Å². The summed E-state index contributed by atoms with van der Waals surface area (Å²) in [5, 5.41) is 0. The molecule has 0 aliphatic carbocycles. The van der Waals surface area contributed by atoms with Gasteiger partial charge in [0.1, 0.15) is 0 Å².